The minimum Gasteiger partial charge on any atom is -0.454 e. The Balaban J connectivity index is 1.41. The molecule has 0 unspecified atom stereocenters. The first-order valence-corrected chi connectivity index (χ1v) is 12.2. The lowest BCUT2D eigenvalue weighted by Gasteiger charge is -2.11. The fourth-order valence-electron chi connectivity index (χ4n) is 4.28. The molecule has 36 heavy (non-hydrogen) atoms. The number of hydrogen-bond acceptors (Lipinski definition) is 8. The summed E-state index contributed by atoms with van der Waals surface area (Å²) in [6.07, 6.45) is 1.64. The molecule has 0 spiro atoms. The lowest BCUT2D eigenvalue weighted by atomic mass is 10.1. The van der Waals surface area contributed by atoms with Gasteiger partial charge in [0.2, 0.25) is 5.78 Å². The number of hydrogen-bond donors (Lipinski definition) is 0. The highest BCUT2D eigenvalue weighted by Gasteiger charge is 2.21. The van der Waals surface area contributed by atoms with E-state index in [4.69, 9.17) is 9.72 Å². The number of rotatable bonds is 5. The third-order valence-electron chi connectivity index (χ3n) is 6.07. The number of benzene rings is 1. The molecule has 1 aromatic carbocycles. The molecule has 0 aliphatic rings. The van der Waals surface area contributed by atoms with E-state index in [1.807, 2.05) is 55.6 Å². The maximum atomic E-state index is 13.4. The summed E-state index contributed by atoms with van der Waals surface area (Å²) in [6.45, 7) is 3.90. The van der Waals surface area contributed by atoms with Crippen molar-refractivity contribution >= 4 is 44.3 Å². The number of aryl methyl sites for hydroxylation is 1. The SMILES string of the molecule is CC(C)n1ncc2c(C(=O)OCc3nnc4n(C)c(=O)c5sccc5n34)cc(-c3ccccc3)nc21. The van der Waals surface area contributed by atoms with E-state index in [1.54, 1.807) is 28.4 Å². The number of ether oxygens (including phenoxy) is 1. The van der Waals surface area contributed by atoms with Gasteiger partial charge in [-0.25, -0.2) is 14.5 Å². The second-order valence-electron chi connectivity index (χ2n) is 8.67. The van der Waals surface area contributed by atoms with Gasteiger partial charge in [-0.3, -0.25) is 13.8 Å². The molecule has 0 N–H and O–H groups in total. The van der Waals surface area contributed by atoms with Gasteiger partial charge in [-0.15, -0.1) is 21.5 Å². The summed E-state index contributed by atoms with van der Waals surface area (Å²) in [4.78, 5) is 30.8. The number of nitrogens with zero attached hydrogens (tertiary/aromatic N) is 7. The Kier molecular flexibility index (Phi) is 5.15. The van der Waals surface area contributed by atoms with Crippen LogP contribution in [0.25, 0.3) is 38.3 Å². The molecule has 0 amide bonds. The number of fused-ring (bicyclic) bond motifs is 4. The molecule has 180 valence electrons. The summed E-state index contributed by atoms with van der Waals surface area (Å²) < 4.78 is 11.3. The van der Waals surface area contributed by atoms with Crippen LogP contribution in [0.15, 0.2) is 58.8 Å². The van der Waals surface area contributed by atoms with E-state index in [2.05, 4.69) is 15.3 Å². The average molecular weight is 500 g/mol. The Morgan fingerprint density at radius 3 is 2.72 bits per heavy atom. The minimum absolute atomic E-state index is 0.0620. The molecule has 11 heteroatoms. The zero-order chi connectivity index (χ0) is 25.0. The Labute approximate surface area is 208 Å². The zero-order valence-corrected chi connectivity index (χ0v) is 20.6. The second kappa shape index (κ2) is 8.38. The summed E-state index contributed by atoms with van der Waals surface area (Å²) in [5, 5.41) is 15.3. The van der Waals surface area contributed by atoms with Gasteiger partial charge in [-0.1, -0.05) is 30.3 Å². The van der Waals surface area contributed by atoms with Gasteiger partial charge in [0.1, 0.15) is 4.70 Å². The van der Waals surface area contributed by atoms with E-state index in [0.717, 1.165) is 5.56 Å². The van der Waals surface area contributed by atoms with E-state index >= 15 is 0 Å². The van der Waals surface area contributed by atoms with Crippen LogP contribution in [0.4, 0.5) is 0 Å². The van der Waals surface area contributed by atoms with Crippen LogP contribution in [-0.2, 0) is 18.4 Å². The maximum absolute atomic E-state index is 13.4. The fourth-order valence-corrected chi connectivity index (χ4v) is 5.13. The summed E-state index contributed by atoms with van der Waals surface area (Å²) in [7, 11) is 1.65. The van der Waals surface area contributed by atoms with E-state index in [-0.39, 0.29) is 18.2 Å². The highest BCUT2D eigenvalue weighted by atomic mass is 32.1. The molecular formula is C25H21N7O3S. The van der Waals surface area contributed by atoms with Crippen LogP contribution in [0.5, 0.6) is 0 Å². The van der Waals surface area contributed by atoms with Crippen molar-refractivity contribution in [3.8, 4) is 11.3 Å². The molecule has 5 heterocycles. The van der Waals surface area contributed by atoms with Gasteiger partial charge in [0.15, 0.2) is 18.1 Å². The summed E-state index contributed by atoms with van der Waals surface area (Å²) in [5.41, 5.74) is 3.06. The molecule has 0 bridgehead atoms. The molecule has 10 nitrogen and oxygen atoms in total. The van der Waals surface area contributed by atoms with Gasteiger partial charge in [-0.2, -0.15) is 5.10 Å². The molecule has 0 fully saturated rings. The van der Waals surface area contributed by atoms with Crippen molar-refractivity contribution in [1.29, 1.82) is 0 Å². The zero-order valence-electron chi connectivity index (χ0n) is 19.7. The normalized spacial score (nSPS) is 11.8. The average Bonchev–Trinajstić information content (AvgIpc) is 3.63. The largest absolute Gasteiger partial charge is 0.454 e. The van der Waals surface area contributed by atoms with Crippen molar-refractivity contribution in [1.82, 2.24) is 33.9 Å². The van der Waals surface area contributed by atoms with Gasteiger partial charge in [0.25, 0.3) is 5.56 Å². The lowest BCUT2D eigenvalue weighted by molar-refractivity contribution is 0.0463. The third-order valence-corrected chi connectivity index (χ3v) is 6.97. The van der Waals surface area contributed by atoms with Gasteiger partial charge in [0.05, 0.1) is 28.4 Å². The molecule has 0 saturated carbocycles. The van der Waals surface area contributed by atoms with Crippen LogP contribution in [0.1, 0.15) is 36.1 Å². The minimum atomic E-state index is -0.522. The number of thiophene rings is 1. The Hall–Kier alpha value is -4.38. The Bertz CT molecular complexity index is 1830. The molecular weight excluding hydrogens is 478 g/mol. The predicted molar refractivity (Wildman–Crippen MR) is 136 cm³/mol. The fraction of sp³-hybridized carbons (Fsp3) is 0.200. The van der Waals surface area contributed by atoms with Crippen LogP contribution in [0, 0.1) is 0 Å². The Morgan fingerprint density at radius 2 is 1.94 bits per heavy atom. The lowest BCUT2D eigenvalue weighted by Crippen LogP contribution is -2.19. The Morgan fingerprint density at radius 1 is 1.14 bits per heavy atom. The topological polar surface area (TPSA) is 109 Å². The van der Waals surface area contributed by atoms with E-state index < -0.39 is 5.97 Å². The first-order valence-electron chi connectivity index (χ1n) is 11.3. The van der Waals surface area contributed by atoms with Crippen molar-refractivity contribution in [2.45, 2.75) is 26.5 Å². The number of carbonyl (C=O) groups is 1. The summed E-state index contributed by atoms with van der Waals surface area (Å²) >= 11 is 1.35. The third kappa shape index (κ3) is 3.39. The van der Waals surface area contributed by atoms with Crippen LogP contribution in [-0.4, -0.2) is 39.9 Å². The van der Waals surface area contributed by atoms with Gasteiger partial charge in [0, 0.05) is 18.7 Å². The molecule has 0 saturated heterocycles. The van der Waals surface area contributed by atoms with Crippen molar-refractivity contribution < 1.29 is 9.53 Å². The number of carbonyl (C=O) groups excluding carboxylic acids is 1. The standard InChI is InChI=1S/C25H21N7O3S/c1-14(2)32-22-17(12-26-32)16(11-18(27-22)15-7-5-4-6-8-15)24(34)35-13-20-28-29-25-30(3)23(33)21-19(31(20)25)9-10-36-21/h4-12,14H,13H2,1-3H3. The predicted octanol–water partition coefficient (Wildman–Crippen LogP) is 3.99. The molecule has 6 rings (SSSR count). The number of esters is 1. The first kappa shape index (κ1) is 22.1. The number of aromatic nitrogens is 7. The van der Waals surface area contributed by atoms with Gasteiger partial charge in [-0.05, 0) is 31.4 Å². The van der Waals surface area contributed by atoms with E-state index in [1.165, 1.54) is 15.9 Å². The van der Waals surface area contributed by atoms with Gasteiger partial charge >= 0.3 is 5.97 Å². The highest BCUT2D eigenvalue weighted by Crippen LogP contribution is 2.27. The molecule has 0 aliphatic heterocycles. The first-order chi connectivity index (χ1) is 17.4. The van der Waals surface area contributed by atoms with E-state index in [9.17, 15) is 9.59 Å². The van der Waals surface area contributed by atoms with Crippen molar-refractivity contribution in [2.75, 3.05) is 0 Å². The molecule has 0 radical (unpaired) electrons. The van der Waals surface area contributed by atoms with Crippen LogP contribution < -0.4 is 5.56 Å². The molecule has 6 aromatic rings. The van der Waals surface area contributed by atoms with Crippen LogP contribution >= 0.6 is 11.3 Å². The summed E-state index contributed by atoms with van der Waals surface area (Å²) in [6, 6.07) is 13.3. The quantitative estimate of drug-likeness (QED) is 0.330. The molecule has 5 aromatic heterocycles. The number of pyridine rings is 1. The second-order valence-corrected chi connectivity index (χ2v) is 9.58. The highest BCUT2D eigenvalue weighted by molar-refractivity contribution is 7.17. The van der Waals surface area contributed by atoms with Crippen molar-refractivity contribution in [2.24, 2.45) is 7.05 Å². The molecule has 0 aliphatic carbocycles. The van der Waals surface area contributed by atoms with Crippen LogP contribution in [0.2, 0.25) is 0 Å². The summed E-state index contributed by atoms with van der Waals surface area (Å²) in [5.74, 6) is 0.280. The van der Waals surface area contributed by atoms with Crippen molar-refractivity contribution in [3.63, 3.8) is 0 Å². The maximum Gasteiger partial charge on any atom is 0.339 e. The smallest absolute Gasteiger partial charge is 0.339 e. The van der Waals surface area contributed by atoms with E-state index in [0.29, 0.717) is 44.1 Å². The van der Waals surface area contributed by atoms with Crippen LogP contribution in [0.3, 0.4) is 0 Å². The monoisotopic (exact) mass is 499 g/mol. The van der Waals surface area contributed by atoms with Gasteiger partial charge < -0.3 is 4.74 Å². The van der Waals surface area contributed by atoms with Crippen molar-refractivity contribution in [3.05, 3.63) is 75.8 Å². The molecule has 0 atom stereocenters.